The molecule has 0 aliphatic carbocycles. The minimum Gasteiger partial charge on any atom is -0.481 e. The van der Waals surface area contributed by atoms with Crippen LogP contribution in [-0.2, 0) is 9.59 Å². The molecule has 1 aliphatic heterocycles. The van der Waals surface area contributed by atoms with Gasteiger partial charge in [-0.25, -0.2) is 0 Å². The molecule has 1 fully saturated rings. The summed E-state index contributed by atoms with van der Waals surface area (Å²) in [5.41, 5.74) is 0. The maximum atomic E-state index is 11.5. The second-order valence-electron chi connectivity index (χ2n) is 5.63. The zero-order valence-corrected chi connectivity index (χ0v) is 12.1. The number of aliphatic carboxylic acids is 1. The molecule has 110 valence electrons. The van der Waals surface area contributed by atoms with Gasteiger partial charge >= 0.3 is 5.97 Å². The van der Waals surface area contributed by atoms with E-state index in [4.69, 9.17) is 5.11 Å². The Balaban J connectivity index is 2.19. The highest BCUT2D eigenvalue weighted by molar-refractivity contribution is 5.75. The van der Waals surface area contributed by atoms with Crippen molar-refractivity contribution in [2.75, 3.05) is 33.7 Å². The zero-order valence-electron chi connectivity index (χ0n) is 12.1. The normalized spacial score (nSPS) is 20.2. The molecule has 5 heteroatoms. The summed E-state index contributed by atoms with van der Waals surface area (Å²) in [5.74, 6) is -0.0115. The van der Waals surface area contributed by atoms with E-state index in [0.29, 0.717) is 12.3 Å². The number of carboxylic acids is 1. The van der Waals surface area contributed by atoms with Gasteiger partial charge in [0.2, 0.25) is 5.91 Å². The molecule has 19 heavy (non-hydrogen) atoms. The largest absolute Gasteiger partial charge is 0.481 e. The Bertz CT molecular complexity index is 305. The number of nitrogens with zero attached hydrogens (tertiary/aromatic N) is 2. The zero-order chi connectivity index (χ0) is 14.3. The smallest absolute Gasteiger partial charge is 0.303 e. The van der Waals surface area contributed by atoms with Crippen LogP contribution in [0.15, 0.2) is 0 Å². The van der Waals surface area contributed by atoms with E-state index >= 15 is 0 Å². The first-order chi connectivity index (χ1) is 8.99. The van der Waals surface area contributed by atoms with Gasteiger partial charge in [-0.3, -0.25) is 9.59 Å². The van der Waals surface area contributed by atoms with Crippen molar-refractivity contribution in [1.29, 1.82) is 0 Å². The van der Waals surface area contributed by atoms with Crippen LogP contribution < -0.4 is 0 Å². The average Bonchev–Trinajstić information content (AvgIpc) is 2.36. The minimum atomic E-state index is -0.700. The number of rotatable bonds is 7. The summed E-state index contributed by atoms with van der Waals surface area (Å²) in [7, 11) is 3.57. The Labute approximate surface area is 115 Å². The van der Waals surface area contributed by atoms with Crippen LogP contribution in [0.1, 0.15) is 38.5 Å². The third-order valence-corrected chi connectivity index (χ3v) is 3.73. The lowest BCUT2D eigenvalue weighted by molar-refractivity contribution is -0.137. The lowest BCUT2D eigenvalue weighted by atomic mass is 9.93. The van der Waals surface area contributed by atoms with Crippen LogP contribution in [0.5, 0.6) is 0 Å². The highest BCUT2D eigenvalue weighted by atomic mass is 16.4. The highest BCUT2D eigenvalue weighted by Crippen LogP contribution is 2.21. The van der Waals surface area contributed by atoms with Crippen molar-refractivity contribution in [2.45, 2.75) is 38.5 Å². The van der Waals surface area contributed by atoms with Crippen LogP contribution in [0.2, 0.25) is 0 Å². The van der Waals surface area contributed by atoms with E-state index in [1.54, 1.807) is 19.0 Å². The monoisotopic (exact) mass is 270 g/mol. The van der Waals surface area contributed by atoms with E-state index in [0.717, 1.165) is 45.3 Å². The van der Waals surface area contributed by atoms with Crippen molar-refractivity contribution in [3.63, 3.8) is 0 Å². The van der Waals surface area contributed by atoms with Crippen molar-refractivity contribution in [3.05, 3.63) is 0 Å². The summed E-state index contributed by atoms with van der Waals surface area (Å²) in [6.07, 6.45) is 4.83. The third kappa shape index (κ3) is 6.57. The summed E-state index contributed by atoms with van der Waals surface area (Å²) in [5, 5.41) is 8.71. The van der Waals surface area contributed by atoms with Gasteiger partial charge in [0.05, 0.1) is 0 Å². The van der Waals surface area contributed by atoms with Crippen LogP contribution >= 0.6 is 0 Å². The molecule has 0 bridgehead atoms. The van der Waals surface area contributed by atoms with Gasteiger partial charge in [-0.1, -0.05) is 0 Å². The van der Waals surface area contributed by atoms with Crippen LogP contribution in [0.4, 0.5) is 0 Å². The van der Waals surface area contributed by atoms with Gasteiger partial charge in [0, 0.05) is 33.5 Å². The van der Waals surface area contributed by atoms with Gasteiger partial charge in [0.25, 0.3) is 0 Å². The molecule has 0 aromatic heterocycles. The number of carboxylic acid groups (broad SMARTS) is 1. The lowest BCUT2D eigenvalue weighted by Gasteiger charge is -2.32. The molecule has 0 spiro atoms. The van der Waals surface area contributed by atoms with Crippen LogP contribution in [-0.4, -0.2) is 60.5 Å². The van der Waals surface area contributed by atoms with Crippen LogP contribution in [0.3, 0.4) is 0 Å². The molecule has 1 N–H and O–H groups in total. The maximum Gasteiger partial charge on any atom is 0.303 e. The van der Waals surface area contributed by atoms with Gasteiger partial charge in [-0.2, -0.15) is 0 Å². The molecule has 1 unspecified atom stereocenters. The highest BCUT2D eigenvalue weighted by Gasteiger charge is 2.20. The van der Waals surface area contributed by atoms with Crippen LogP contribution in [0.25, 0.3) is 0 Å². The number of hydrogen-bond acceptors (Lipinski definition) is 3. The number of hydrogen-bond donors (Lipinski definition) is 1. The molecule has 1 heterocycles. The first-order valence-electron chi connectivity index (χ1n) is 7.13. The fourth-order valence-corrected chi connectivity index (χ4v) is 2.60. The molecule has 1 saturated heterocycles. The molecule has 0 aromatic rings. The van der Waals surface area contributed by atoms with Gasteiger partial charge in [0.15, 0.2) is 0 Å². The van der Waals surface area contributed by atoms with E-state index < -0.39 is 5.97 Å². The number of carbonyl (C=O) groups is 2. The van der Waals surface area contributed by atoms with Crippen molar-refractivity contribution in [3.8, 4) is 0 Å². The first kappa shape index (κ1) is 16.0. The van der Waals surface area contributed by atoms with Gasteiger partial charge in [-0.15, -0.1) is 0 Å². The molecule has 1 rings (SSSR count). The standard InChI is InChI=1S/C14H26N2O3/c1-15(2)13(17)6-4-10-16-9-3-5-12(11-16)7-8-14(18)19/h12H,3-11H2,1-2H3,(H,18,19). The Morgan fingerprint density at radius 1 is 1.32 bits per heavy atom. The van der Waals surface area contributed by atoms with Crippen LogP contribution in [0, 0.1) is 5.92 Å². The second-order valence-corrected chi connectivity index (χ2v) is 5.63. The Kier molecular flexibility index (Phi) is 6.84. The van der Waals surface area contributed by atoms with Crippen molar-refractivity contribution in [1.82, 2.24) is 9.80 Å². The van der Waals surface area contributed by atoms with Crippen molar-refractivity contribution < 1.29 is 14.7 Å². The molecule has 0 radical (unpaired) electrons. The molecule has 5 nitrogen and oxygen atoms in total. The molecule has 1 amide bonds. The van der Waals surface area contributed by atoms with Crippen molar-refractivity contribution in [2.24, 2.45) is 5.92 Å². The number of carbonyl (C=O) groups excluding carboxylic acids is 1. The van der Waals surface area contributed by atoms with Gasteiger partial charge in [0.1, 0.15) is 0 Å². The number of piperidine rings is 1. The molecule has 1 aliphatic rings. The average molecular weight is 270 g/mol. The molecule has 1 atom stereocenters. The van der Waals surface area contributed by atoms with E-state index in [9.17, 15) is 9.59 Å². The van der Waals surface area contributed by atoms with E-state index in [1.807, 2.05) is 0 Å². The van der Waals surface area contributed by atoms with Gasteiger partial charge in [-0.05, 0) is 44.7 Å². The predicted molar refractivity (Wildman–Crippen MR) is 74.0 cm³/mol. The Hall–Kier alpha value is -1.10. The van der Waals surface area contributed by atoms with Crippen molar-refractivity contribution >= 4 is 11.9 Å². The van der Waals surface area contributed by atoms with E-state index in [2.05, 4.69) is 4.90 Å². The number of amides is 1. The lowest BCUT2D eigenvalue weighted by Crippen LogP contribution is -2.36. The quantitative estimate of drug-likeness (QED) is 0.760. The molecular formula is C14H26N2O3. The summed E-state index contributed by atoms with van der Waals surface area (Å²) in [6.45, 7) is 3.02. The molecule has 0 saturated carbocycles. The van der Waals surface area contributed by atoms with Gasteiger partial charge < -0.3 is 14.9 Å². The van der Waals surface area contributed by atoms with E-state index in [-0.39, 0.29) is 12.3 Å². The van der Waals surface area contributed by atoms with E-state index in [1.165, 1.54) is 0 Å². The minimum absolute atomic E-state index is 0.180. The summed E-state index contributed by atoms with van der Waals surface area (Å²) in [6, 6.07) is 0. The fraction of sp³-hybridized carbons (Fsp3) is 0.857. The topological polar surface area (TPSA) is 60.9 Å². The summed E-state index contributed by atoms with van der Waals surface area (Å²) < 4.78 is 0. The fourth-order valence-electron chi connectivity index (χ4n) is 2.60. The number of likely N-dealkylation sites (tertiary alicyclic amines) is 1. The Morgan fingerprint density at radius 3 is 2.68 bits per heavy atom. The SMILES string of the molecule is CN(C)C(=O)CCCN1CCCC(CCC(=O)O)C1. The molecule has 0 aromatic carbocycles. The summed E-state index contributed by atoms with van der Waals surface area (Å²) in [4.78, 5) is 26.1. The first-order valence-corrected chi connectivity index (χ1v) is 7.13. The molecular weight excluding hydrogens is 244 g/mol. The maximum absolute atomic E-state index is 11.5. The predicted octanol–water partition coefficient (Wildman–Crippen LogP) is 1.43. The third-order valence-electron chi connectivity index (χ3n) is 3.73. The summed E-state index contributed by atoms with van der Waals surface area (Å²) >= 11 is 0. The Morgan fingerprint density at radius 2 is 2.05 bits per heavy atom. The second kappa shape index (κ2) is 8.15.